The minimum absolute atomic E-state index is 0.0741. The van der Waals surface area contributed by atoms with Crippen LogP contribution >= 0.6 is 0 Å². The Labute approximate surface area is 214 Å². The molecule has 0 aliphatic carbocycles. The van der Waals surface area contributed by atoms with Gasteiger partial charge in [0.15, 0.2) is 0 Å². The number of nitrogens with zero attached hydrogens (tertiary/aromatic N) is 4. The van der Waals surface area contributed by atoms with Gasteiger partial charge < -0.3 is 0 Å². The molecule has 0 saturated carbocycles. The second-order valence-corrected chi connectivity index (χ2v) is 9.76. The Kier molecular flexibility index (Phi) is 7.15. The summed E-state index contributed by atoms with van der Waals surface area (Å²) in [5.41, 5.74) is 2.86. The van der Waals surface area contributed by atoms with Gasteiger partial charge in [-0.05, 0) is 0 Å². The fourth-order valence-electron chi connectivity index (χ4n) is 4.16. The average molecular weight is 551 g/mol. The molecule has 1 aliphatic rings. The summed E-state index contributed by atoms with van der Waals surface area (Å²) in [5, 5.41) is 13.5. The molecule has 5 rings (SSSR count). The van der Waals surface area contributed by atoms with Gasteiger partial charge in [0, 0.05) is 6.07 Å². The molecule has 11 heteroatoms. The Hall–Kier alpha value is -3.49. The second kappa shape index (κ2) is 10.6. The summed E-state index contributed by atoms with van der Waals surface area (Å²) < 4.78 is 27.6. The van der Waals surface area contributed by atoms with Crippen LogP contribution in [0.5, 0.6) is 0 Å². The van der Waals surface area contributed by atoms with E-state index in [1.807, 2.05) is 24.3 Å². The number of amides is 1. The number of halogens is 2. The number of hydrogen-bond donors (Lipinski definition) is 3. The molecule has 0 spiro atoms. The number of aromatic amines is 1. The summed E-state index contributed by atoms with van der Waals surface area (Å²) in [4.78, 5) is 26.4. The van der Waals surface area contributed by atoms with Crippen molar-refractivity contribution in [2.45, 2.75) is 25.3 Å². The molecule has 1 aliphatic heterocycles. The van der Waals surface area contributed by atoms with Gasteiger partial charge >= 0.3 is 189 Å². The van der Waals surface area contributed by atoms with Gasteiger partial charge in [-0.1, -0.05) is 0 Å². The van der Waals surface area contributed by atoms with Gasteiger partial charge in [-0.25, -0.2) is 8.78 Å². The molecule has 2 atom stereocenters. The third kappa shape index (κ3) is 5.50. The number of hydrogen-bond acceptors (Lipinski definition) is 6. The molecule has 0 bridgehead atoms. The number of H-pyrrole nitrogens is 1. The van der Waals surface area contributed by atoms with E-state index < -0.39 is 17.5 Å². The van der Waals surface area contributed by atoms with Gasteiger partial charge in [0.25, 0.3) is 0 Å². The fraction of sp³-hybridized carbons (Fsp3) is 0.240. The molecular weight excluding hydrogens is 527 g/mol. The predicted molar refractivity (Wildman–Crippen MR) is 133 cm³/mol. The average Bonchev–Trinajstić information content (AvgIpc) is 3.38. The van der Waals surface area contributed by atoms with Crippen LogP contribution in [0, 0.1) is 11.6 Å². The second-order valence-electron chi connectivity index (χ2n) is 8.62. The summed E-state index contributed by atoms with van der Waals surface area (Å²) >= 11 is 1.34. The van der Waals surface area contributed by atoms with Crippen LogP contribution in [-0.4, -0.2) is 61.0 Å². The molecule has 8 nitrogen and oxygen atoms in total. The van der Waals surface area contributed by atoms with E-state index in [0.717, 1.165) is 65.6 Å². The zero-order valence-corrected chi connectivity index (χ0v) is 21.7. The Morgan fingerprint density at radius 3 is 2.75 bits per heavy atom. The van der Waals surface area contributed by atoms with E-state index in [0.29, 0.717) is 17.2 Å². The van der Waals surface area contributed by atoms with Gasteiger partial charge in [-0.2, -0.15) is 0 Å². The molecule has 3 heterocycles. The molecule has 2 aromatic heterocycles. The molecule has 36 heavy (non-hydrogen) atoms. The molecule has 1 amide bonds. The predicted octanol–water partition coefficient (Wildman–Crippen LogP) is 1.86. The number of aromatic nitrogens is 5. The number of benzene rings is 2. The van der Waals surface area contributed by atoms with E-state index in [1.54, 1.807) is 6.20 Å². The summed E-state index contributed by atoms with van der Waals surface area (Å²) in [5.74, 6) is -0.505. The van der Waals surface area contributed by atoms with Crippen molar-refractivity contribution in [1.82, 2.24) is 35.8 Å². The third-order valence-electron chi connectivity index (χ3n) is 5.99. The monoisotopic (exact) mass is 551 g/mol. The molecule has 1 saturated heterocycles. The van der Waals surface area contributed by atoms with Crippen LogP contribution in [0.25, 0.3) is 22.8 Å². The van der Waals surface area contributed by atoms with E-state index in [9.17, 15) is 13.6 Å². The van der Waals surface area contributed by atoms with Crippen LogP contribution < -0.4 is 15.1 Å². The Morgan fingerprint density at radius 2 is 1.97 bits per heavy atom. The maximum absolute atomic E-state index is 13.4. The topological polar surface area (TPSA) is 108 Å². The Morgan fingerprint density at radius 1 is 1.14 bits per heavy atom. The molecule has 184 valence electrons. The van der Waals surface area contributed by atoms with E-state index in [2.05, 4.69) is 25.8 Å². The van der Waals surface area contributed by atoms with Crippen LogP contribution in [0.1, 0.15) is 40.5 Å². The van der Waals surface area contributed by atoms with Crippen molar-refractivity contribution in [3.8, 4) is 22.8 Å². The maximum atomic E-state index is 13.4. The van der Waals surface area contributed by atoms with Crippen LogP contribution in [0.3, 0.4) is 0 Å². The van der Waals surface area contributed by atoms with Crippen molar-refractivity contribution in [2.24, 2.45) is 0 Å². The molecule has 0 radical (unpaired) electrons. The van der Waals surface area contributed by atoms with Crippen molar-refractivity contribution in [1.29, 1.82) is 0 Å². The molecule has 4 aromatic rings. The standard InChI is InChI=1S/C25H24AsF2N7O/c26-22-21(24-33-23(34-35-24)16-5-2-6-29-12-16)32-20(13-30-22)15-4-1-3-14(7-15)11-31-25(36)17-8-18(27)10-19(28)9-17/h1,3-4,7-10,13,16,29H,2,5-6,11-12,26H2,(H,31,36)(H,33,34,35)/t16-/m0/s1. The minimum Gasteiger partial charge on any atom is -0.207 e. The van der Waals surface area contributed by atoms with Crippen molar-refractivity contribution in [3.63, 3.8) is 0 Å². The van der Waals surface area contributed by atoms with Gasteiger partial charge in [0.2, 0.25) is 0 Å². The minimum atomic E-state index is -0.799. The molecule has 1 unspecified atom stereocenters. The summed E-state index contributed by atoms with van der Waals surface area (Å²) in [7, 11) is 0. The molecular formula is C25H24AsF2N7O. The number of rotatable bonds is 6. The molecule has 1 fully saturated rings. The molecule has 2 aromatic carbocycles. The quantitative estimate of drug-likeness (QED) is 0.316. The van der Waals surface area contributed by atoms with Crippen molar-refractivity contribution >= 4 is 27.2 Å². The number of carbonyl (C=O) groups excluding carboxylic acids is 1. The van der Waals surface area contributed by atoms with Crippen LogP contribution in [0.4, 0.5) is 8.78 Å². The Bertz CT molecular complexity index is 1380. The summed E-state index contributed by atoms with van der Waals surface area (Å²) in [6, 6.07) is 10.2. The van der Waals surface area contributed by atoms with Crippen molar-refractivity contribution in [3.05, 3.63) is 77.2 Å². The number of carbonyl (C=O) groups is 1. The van der Waals surface area contributed by atoms with Crippen LogP contribution in [-0.2, 0) is 6.54 Å². The van der Waals surface area contributed by atoms with Gasteiger partial charge in [-0.3, -0.25) is 0 Å². The first-order chi connectivity index (χ1) is 17.5. The van der Waals surface area contributed by atoms with E-state index >= 15 is 0 Å². The zero-order valence-electron chi connectivity index (χ0n) is 19.3. The van der Waals surface area contributed by atoms with Crippen molar-refractivity contribution in [2.75, 3.05) is 13.1 Å². The number of piperidine rings is 1. The first-order valence-corrected chi connectivity index (χ1v) is 12.8. The van der Waals surface area contributed by atoms with Crippen LogP contribution in [0.2, 0.25) is 0 Å². The smallest absolute Gasteiger partial charge is 0.207 e. The van der Waals surface area contributed by atoms with Crippen LogP contribution in [0.15, 0.2) is 48.7 Å². The number of nitrogens with one attached hydrogen (secondary N) is 3. The first kappa shape index (κ1) is 24.2. The first-order valence-electron chi connectivity index (χ1n) is 11.6. The van der Waals surface area contributed by atoms with E-state index in [-0.39, 0.29) is 18.0 Å². The fourth-order valence-corrected chi connectivity index (χ4v) is 4.74. The van der Waals surface area contributed by atoms with Crippen molar-refractivity contribution < 1.29 is 13.6 Å². The van der Waals surface area contributed by atoms with E-state index in [4.69, 9.17) is 9.97 Å². The van der Waals surface area contributed by atoms with Gasteiger partial charge in [0.1, 0.15) is 11.6 Å². The summed E-state index contributed by atoms with van der Waals surface area (Å²) in [6.07, 6.45) is 3.86. The van der Waals surface area contributed by atoms with E-state index in [1.165, 1.54) is 16.9 Å². The van der Waals surface area contributed by atoms with Gasteiger partial charge in [-0.15, -0.1) is 0 Å². The third-order valence-corrected chi connectivity index (χ3v) is 6.88. The zero-order chi connectivity index (χ0) is 25.1. The van der Waals surface area contributed by atoms with Gasteiger partial charge in [0.05, 0.1) is 0 Å². The SMILES string of the molecule is O=C(NCc1cccc(-c2cnc([AsH2])c(-c3nc([C@H]4CCCNC4)n[nH]3)n2)c1)c1cc(F)cc(F)c1. The Balaban J connectivity index is 1.33. The summed E-state index contributed by atoms with van der Waals surface area (Å²) in [6.45, 7) is 2.07. The normalized spacial score (nSPS) is 15.6. The molecule has 3 N–H and O–H groups in total.